The van der Waals surface area contributed by atoms with E-state index in [1.165, 1.54) is 19.5 Å². The molecule has 0 fully saturated rings. The van der Waals surface area contributed by atoms with Crippen LogP contribution < -0.4 is 9.00 Å². The van der Waals surface area contributed by atoms with Crippen molar-refractivity contribution in [2.24, 2.45) is 0 Å². The molecular weight excluding hydrogens is 681 g/mol. The predicted molar refractivity (Wildman–Crippen MR) is 222 cm³/mol. The van der Waals surface area contributed by atoms with E-state index in [0.29, 0.717) is 0 Å². The Balaban J connectivity index is 2.12. The van der Waals surface area contributed by atoms with E-state index in [1.54, 1.807) is 0 Å². The van der Waals surface area contributed by atoms with Gasteiger partial charge in [0.1, 0.15) is 0 Å². The molecule has 0 unspecified atom stereocenters. The smallest absolute Gasteiger partial charge is 0.0806 e. The van der Waals surface area contributed by atoms with Crippen molar-refractivity contribution < 1.29 is 0 Å². The van der Waals surface area contributed by atoms with Crippen molar-refractivity contribution in [1.82, 2.24) is 0 Å². The van der Waals surface area contributed by atoms with Crippen molar-refractivity contribution in [3.8, 4) is 19.5 Å². The lowest BCUT2D eigenvalue weighted by Gasteiger charge is -2.56. The first-order valence-electron chi connectivity index (χ1n) is 15.5. The summed E-state index contributed by atoms with van der Waals surface area (Å²) in [6.07, 6.45) is 0. The molecule has 0 N–H and O–H groups in total. The molecule has 0 atom stereocenters. The van der Waals surface area contributed by atoms with Gasteiger partial charge in [-0.05, 0) is 33.3 Å². The van der Waals surface area contributed by atoms with Gasteiger partial charge in [-0.1, -0.05) is 130 Å². The van der Waals surface area contributed by atoms with Crippen LogP contribution in [0, 0.1) is 0 Å². The Bertz CT molecular complexity index is 1180. The summed E-state index contributed by atoms with van der Waals surface area (Å²) in [4.78, 5) is 6.02. The zero-order chi connectivity index (χ0) is 31.8. The van der Waals surface area contributed by atoms with Crippen molar-refractivity contribution >= 4 is 102 Å². The predicted octanol–water partition coefficient (Wildman–Crippen LogP) is 11.0. The summed E-state index contributed by atoms with van der Waals surface area (Å²) in [7, 11) is -8.12. The molecule has 41 heavy (non-hydrogen) atoms. The summed E-state index contributed by atoms with van der Waals surface area (Å²) in [5.74, 6) is 0. The van der Waals surface area contributed by atoms with Crippen molar-refractivity contribution in [3.05, 3.63) is 36.4 Å². The lowest BCUT2D eigenvalue weighted by molar-refractivity contribution is 1.74. The van der Waals surface area contributed by atoms with Gasteiger partial charge in [-0.25, -0.2) is 0 Å². The molecule has 0 nitrogen and oxygen atoms in total. The molecule has 0 saturated carbocycles. The van der Waals surface area contributed by atoms with Gasteiger partial charge in [0.2, 0.25) is 0 Å². The summed E-state index contributed by atoms with van der Waals surface area (Å²) in [5, 5.41) is 0. The first-order chi connectivity index (χ1) is 18.1. The highest BCUT2D eigenvalue weighted by Gasteiger charge is 2.64. The standard InChI is InChI=1S/C30H60S3Si8/c1-34(2,3)40(35(4,5)6,36(7,8)9)29-23-21-27(32-29)25-19-20-26(31-25)28-22-24-30(33-28)41(37(10,11)12,38(13,14)15)39(16,17)18/h19-24H,1-18H3. The molecule has 3 aromatic heterocycles. The maximum absolute atomic E-state index is 2.72. The monoisotopic (exact) mass is 740 g/mol. The summed E-state index contributed by atoms with van der Waals surface area (Å²) in [6.45, 7) is 45.8. The third-order valence-corrected chi connectivity index (χ3v) is 160. The molecule has 0 radical (unpaired) electrons. The Labute approximate surface area is 273 Å². The van der Waals surface area contributed by atoms with Crippen LogP contribution in [0.15, 0.2) is 36.4 Å². The average Bonchev–Trinajstić information content (AvgIpc) is 3.41. The van der Waals surface area contributed by atoms with Crippen LogP contribution in [0.3, 0.4) is 0 Å². The molecule has 0 aliphatic rings. The van der Waals surface area contributed by atoms with Crippen LogP contribution in [0.2, 0.25) is 118 Å². The molecule has 0 spiro atoms. The second-order valence-corrected chi connectivity index (χ2v) is 103. The van der Waals surface area contributed by atoms with Crippen molar-refractivity contribution in [1.29, 1.82) is 0 Å². The van der Waals surface area contributed by atoms with Gasteiger partial charge in [0, 0.05) is 65.1 Å². The fourth-order valence-electron chi connectivity index (χ4n) is 10.9. The second-order valence-electron chi connectivity index (χ2n) is 18.5. The van der Waals surface area contributed by atoms with Crippen molar-refractivity contribution in [2.75, 3.05) is 0 Å². The van der Waals surface area contributed by atoms with Crippen LogP contribution >= 0.6 is 34.0 Å². The summed E-state index contributed by atoms with van der Waals surface area (Å²) in [6, 6.07) is 15.2. The van der Waals surface area contributed by atoms with Gasteiger partial charge in [-0.15, -0.1) is 34.0 Å². The second kappa shape index (κ2) is 11.3. The van der Waals surface area contributed by atoms with Crippen molar-refractivity contribution in [3.63, 3.8) is 0 Å². The van der Waals surface area contributed by atoms with Crippen molar-refractivity contribution in [2.45, 2.75) is 118 Å². The summed E-state index contributed by atoms with van der Waals surface area (Å²) in [5.41, 5.74) is 0. The Morgan fingerprint density at radius 2 is 0.488 bits per heavy atom. The number of hydrogen-bond donors (Lipinski definition) is 0. The minimum atomic E-state index is -1.56. The Morgan fingerprint density at radius 3 is 0.707 bits per heavy atom. The van der Waals surface area contributed by atoms with E-state index >= 15 is 0 Å². The first kappa shape index (κ1) is 36.3. The quantitative estimate of drug-likeness (QED) is 0.182. The molecule has 0 aromatic carbocycles. The van der Waals surface area contributed by atoms with Gasteiger partial charge in [0.05, 0.1) is 13.3 Å². The lowest BCUT2D eigenvalue weighted by Crippen LogP contribution is -2.87. The summed E-state index contributed by atoms with van der Waals surface area (Å²) >= 11 is 6.46. The largest absolute Gasteiger partial charge is 0.145 e. The minimum Gasteiger partial charge on any atom is -0.145 e. The average molecular weight is 742 g/mol. The third kappa shape index (κ3) is 5.94. The van der Waals surface area contributed by atoms with E-state index in [1.807, 2.05) is 9.00 Å². The maximum Gasteiger partial charge on any atom is 0.0806 e. The van der Waals surface area contributed by atoms with Crippen LogP contribution in [0.4, 0.5) is 0 Å². The van der Waals surface area contributed by atoms with E-state index in [2.05, 4.69) is 188 Å². The lowest BCUT2D eigenvalue weighted by atomic mass is 10.3. The Hall–Kier alpha value is 0.835. The van der Waals surface area contributed by atoms with Gasteiger partial charge in [0.25, 0.3) is 0 Å². The number of hydrogen-bond acceptors (Lipinski definition) is 3. The van der Waals surface area contributed by atoms with Crippen LogP contribution in [-0.4, -0.2) is 58.8 Å². The van der Waals surface area contributed by atoms with E-state index in [0.717, 1.165) is 0 Å². The van der Waals surface area contributed by atoms with Gasteiger partial charge in [0.15, 0.2) is 0 Å². The highest BCUT2D eigenvalue weighted by molar-refractivity contribution is 7.95. The zero-order valence-electron chi connectivity index (χ0n) is 29.7. The molecule has 3 aromatic rings. The van der Waals surface area contributed by atoms with Gasteiger partial charge >= 0.3 is 0 Å². The molecule has 0 aliphatic heterocycles. The Kier molecular flexibility index (Phi) is 9.98. The summed E-state index contributed by atoms with van der Waals surface area (Å²) < 4.78 is 3.71. The van der Waals surface area contributed by atoms with Crippen LogP contribution in [-0.2, 0) is 0 Å². The molecule has 3 heterocycles. The molecular formula is C30H60S3Si8. The SMILES string of the molecule is C[Si](C)(C)[Si](c1ccc(-c2ccc(-c3ccc([Si]([Si](C)(C)C)([Si](C)(C)C)[Si](C)(C)C)s3)s2)s1)([Si](C)(C)C)[Si](C)(C)C. The van der Waals surface area contributed by atoms with E-state index in [-0.39, 0.29) is 0 Å². The van der Waals surface area contributed by atoms with Crippen LogP contribution in [0.25, 0.3) is 19.5 Å². The highest BCUT2D eigenvalue weighted by atomic mass is 32.1. The fourth-order valence-corrected chi connectivity index (χ4v) is 230. The molecule has 3 rings (SSSR count). The molecule has 0 bridgehead atoms. The van der Waals surface area contributed by atoms with Gasteiger partial charge in [-0.2, -0.15) is 0 Å². The number of rotatable bonds is 10. The number of thiophene rings is 3. The van der Waals surface area contributed by atoms with Gasteiger partial charge < -0.3 is 0 Å². The third-order valence-electron chi connectivity index (χ3n) is 9.79. The van der Waals surface area contributed by atoms with Gasteiger partial charge in [-0.3, -0.25) is 0 Å². The fraction of sp³-hybridized carbons (Fsp3) is 0.600. The van der Waals surface area contributed by atoms with Crippen LogP contribution in [0.5, 0.6) is 0 Å². The minimum absolute atomic E-state index is 1.35. The highest BCUT2D eigenvalue weighted by Crippen LogP contribution is 2.44. The van der Waals surface area contributed by atoms with E-state index < -0.39 is 58.8 Å². The Morgan fingerprint density at radius 1 is 0.293 bits per heavy atom. The molecule has 0 amide bonds. The zero-order valence-corrected chi connectivity index (χ0v) is 40.1. The molecule has 0 aliphatic carbocycles. The van der Waals surface area contributed by atoms with E-state index in [4.69, 9.17) is 0 Å². The molecule has 230 valence electrons. The van der Waals surface area contributed by atoms with E-state index in [9.17, 15) is 0 Å². The molecule has 0 saturated heterocycles. The first-order valence-corrected chi connectivity index (χ1v) is 48.9. The van der Waals surface area contributed by atoms with Crippen LogP contribution in [0.1, 0.15) is 0 Å². The molecule has 11 heteroatoms. The topological polar surface area (TPSA) is 0 Å². The maximum atomic E-state index is 2.72. The normalized spacial score (nSPS) is 15.1.